The highest BCUT2D eigenvalue weighted by Crippen LogP contribution is 2.39. The van der Waals surface area contributed by atoms with Crippen molar-refractivity contribution in [2.75, 3.05) is 5.88 Å². The van der Waals surface area contributed by atoms with Crippen LogP contribution in [0.15, 0.2) is 18.3 Å². The van der Waals surface area contributed by atoms with E-state index in [9.17, 15) is 14.7 Å². The summed E-state index contributed by atoms with van der Waals surface area (Å²) in [5.41, 5.74) is 2.12. The molecular formula is C15H14Cl2N2O3. The van der Waals surface area contributed by atoms with Gasteiger partial charge in [0.25, 0.3) is 0 Å². The number of nitrogens with zero attached hydrogens (tertiary/aromatic N) is 1. The first-order valence-electron chi connectivity index (χ1n) is 6.80. The summed E-state index contributed by atoms with van der Waals surface area (Å²) in [6, 6.07) is 2.89. The number of halogens is 2. The molecule has 0 unspecified atom stereocenters. The molecule has 0 aliphatic heterocycles. The van der Waals surface area contributed by atoms with Gasteiger partial charge in [0.15, 0.2) is 0 Å². The highest BCUT2D eigenvalue weighted by Gasteiger charge is 2.32. The molecule has 0 radical (unpaired) electrons. The Labute approximate surface area is 136 Å². The number of hydrogen-bond acceptors (Lipinski definition) is 3. The number of carbonyl (C=O) groups is 2. The minimum absolute atomic E-state index is 0.159. The average molecular weight is 341 g/mol. The Morgan fingerprint density at radius 3 is 2.82 bits per heavy atom. The van der Waals surface area contributed by atoms with Crippen molar-refractivity contribution >= 4 is 45.9 Å². The fourth-order valence-corrected chi connectivity index (χ4v) is 3.36. The number of nitrogens with one attached hydrogen (secondary N) is 1. The van der Waals surface area contributed by atoms with Crippen molar-refractivity contribution in [3.8, 4) is 0 Å². The van der Waals surface area contributed by atoms with Gasteiger partial charge in [-0.2, -0.15) is 0 Å². The van der Waals surface area contributed by atoms with Gasteiger partial charge < -0.3 is 10.4 Å². The predicted octanol–water partition coefficient (Wildman–Crippen LogP) is 2.27. The van der Waals surface area contributed by atoms with Crippen LogP contribution in [0.1, 0.15) is 28.9 Å². The number of benzene rings is 1. The van der Waals surface area contributed by atoms with Crippen molar-refractivity contribution in [1.29, 1.82) is 0 Å². The van der Waals surface area contributed by atoms with Crippen LogP contribution in [0.25, 0.3) is 10.9 Å². The first kappa shape index (κ1) is 15.3. The molecule has 1 amide bonds. The molecule has 0 bridgehead atoms. The van der Waals surface area contributed by atoms with Crippen LogP contribution in [0.2, 0.25) is 5.02 Å². The van der Waals surface area contributed by atoms with Crippen LogP contribution in [-0.4, -0.2) is 33.4 Å². The van der Waals surface area contributed by atoms with Crippen molar-refractivity contribution in [2.24, 2.45) is 0 Å². The molecule has 1 aromatic heterocycles. The van der Waals surface area contributed by atoms with Gasteiger partial charge in [-0.3, -0.25) is 14.2 Å². The lowest BCUT2D eigenvalue weighted by Crippen LogP contribution is -2.42. The molecule has 1 aromatic carbocycles. The van der Waals surface area contributed by atoms with E-state index in [1.807, 2.05) is 0 Å². The SMILES string of the molecule is CC(=O)n1cc2c3c(ccc(Cl)c31)[C@@H](O)[C@H](NC(=O)CCl)C2. The van der Waals surface area contributed by atoms with Gasteiger partial charge in [-0.05, 0) is 23.6 Å². The van der Waals surface area contributed by atoms with Crippen molar-refractivity contribution in [3.05, 3.63) is 34.5 Å². The van der Waals surface area contributed by atoms with Gasteiger partial charge in [0.1, 0.15) is 12.0 Å². The second-order valence-corrected chi connectivity index (χ2v) is 6.03. The van der Waals surface area contributed by atoms with E-state index in [1.54, 1.807) is 18.3 Å². The molecule has 1 aliphatic carbocycles. The quantitative estimate of drug-likeness (QED) is 0.823. The van der Waals surface area contributed by atoms with Crippen LogP contribution >= 0.6 is 23.2 Å². The molecular weight excluding hydrogens is 327 g/mol. The molecule has 1 heterocycles. The van der Waals surface area contributed by atoms with Gasteiger partial charge in [-0.25, -0.2) is 0 Å². The summed E-state index contributed by atoms with van der Waals surface area (Å²) in [6.07, 6.45) is 1.25. The van der Waals surface area contributed by atoms with Crippen LogP contribution in [0.5, 0.6) is 0 Å². The third kappa shape index (κ3) is 2.29. The van der Waals surface area contributed by atoms with E-state index in [0.29, 0.717) is 22.5 Å². The van der Waals surface area contributed by atoms with Crippen LogP contribution < -0.4 is 5.32 Å². The summed E-state index contributed by atoms with van der Waals surface area (Å²) in [4.78, 5) is 23.3. The van der Waals surface area contributed by atoms with E-state index in [4.69, 9.17) is 23.2 Å². The third-order valence-corrected chi connectivity index (χ3v) is 4.50. The Morgan fingerprint density at radius 2 is 2.18 bits per heavy atom. The predicted molar refractivity (Wildman–Crippen MR) is 84.6 cm³/mol. The minimum Gasteiger partial charge on any atom is -0.386 e. The van der Waals surface area contributed by atoms with Crippen molar-refractivity contribution < 1.29 is 14.7 Å². The maximum atomic E-state index is 11.8. The molecule has 7 heteroatoms. The largest absolute Gasteiger partial charge is 0.386 e. The van der Waals surface area contributed by atoms with Crippen LogP contribution in [0.3, 0.4) is 0 Å². The second kappa shape index (κ2) is 5.57. The lowest BCUT2D eigenvalue weighted by molar-refractivity contribution is -0.120. The lowest BCUT2D eigenvalue weighted by atomic mass is 9.87. The topological polar surface area (TPSA) is 71.3 Å². The van der Waals surface area contributed by atoms with Gasteiger partial charge in [-0.1, -0.05) is 17.7 Å². The number of alkyl halides is 1. The summed E-state index contributed by atoms with van der Waals surface area (Å²) < 4.78 is 1.48. The molecule has 2 atom stereocenters. The molecule has 22 heavy (non-hydrogen) atoms. The fourth-order valence-electron chi connectivity index (χ4n) is 3.03. The first-order chi connectivity index (χ1) is 10.4. The Morgan fingerprint density at radius 1 is 1.45 bits per heavy atom. The Bertz CT molecular complexity index is 785. The number of amides is 1. The maximum absolute atomic E-state index is 11.8. The molecule has 1 aliphatic rings. The second-order valence-electron chi connectivity index (χ2n) is 5.36. The van der Waals surface area contributed by atoms with Gasteiger partial charge in [0.2, 0.25) is 11.8 Å². The number of aliphatic hydroxyl groups is 1. The first-order valence-corrected chi connectivity index (χ1v) is 7.72. The zero-order valence-electron chi connectivity index (χ0n) is 11.8. The molecule has 0 saturated heterocycles. The number of aromatic nitrogens is 1. The molecule has 5 nitrogen and oxygen atoms in total. The average Bonchev–Trinajstić information content (AvgIpc) is 2.87. The van der Waals surface area contributed by atoms with Crippen LogP contribution in [-0.2, 0) is 11.2 Å². The summed E-state index contributed by atoms with van der Waals surface area (Å²) in [5, 5.41) is 14.5. The monoisotopic (exact) mass is 340 g/mol. The highest BCUT2D eigenvalue weighted by atomic mass is 35.5. The van der Waals surface area contributed by atoms with Gasteiger partial charge >= 0.3 is 0 Å². The Hall–Kier alpha value is -1.56. The summed E-state index contributed by atoms with van der Waals surface area (Å²) in [6.45, 7) is 1.45. The molecule has 116 valence electrons. The van der Waals surface area contributed by atoms with E-state index in [-0.39, 0.29) is 17.7 Å². The molecule has 2 N–H and O–H groups in total. The summed E-state index contributed by atoms with van der Waals surface area (Å²) in [5.74, 6) is -0.668. The Balaban J connectivity index is 2.16. The third-order valence-electron chi connectivity index (χ3n) is 3.95. The summed E-state index contributed by atoms with van der Waals surface area (Å²) in [7, 11) is 0. The van der Waals surface area contributed by atoms with Crippen molar-refractivity contribution in [3.63, 3.8) is 0 Å². The maximum Gasteiger partial charge on any atom is 0.235 e. The van der Waals surface area contributed by atoms with Gasteiger partial charge in [0, 0.05) is 18.5 Å². The van der Waals surface area contributed by atoms with E-state index < -0.39 is 12.1 Å². The van der Waals surface area contributed by atoms with Crippen molar-refractivity contribution in [1.82, 2.24) is 9.88 Å². The number of rotatable bonds is 2. The lowest BCUT2D eigenvalue weighted by Gasteiger charge is -2.29. The smallest absolute Gasteiger partial charge is 0.235 e. The summed E-state index contributed by atoms with van der Waals surface area (Å²) >= 11 is 11.7. The zero-order valence-corrected chi connectivity index (χ0v) is 13.3. The van der Waals surface area contributed by atoms with Crippen molar-refractivity contribution in [2.45, 2.75) is 25.5 Å². The standard InChI is InChI=1S/C15H14Cl2N2O3/c1-7(20)19-6-8-4-11(18-12(21)5-16)15(22)9-2-3-10(17)14(19)13(8)9/h2-3,6,11,15,22H,4-5H2,1H3,(H,18,21)/t11-,15-/m1/s1. The molecule has 0 spiro atoms. The number of hydrogen-bond donors (Lipinski definition) is 2. The van der Waals surface area contributed by atoms with E-state index in [2.05, 4.69) is 5.32 Å². The minimum atomic E-state index is -0.873. The number of aliphatic hydroxyl groups excluding tert-OH is 1. The zero-order chi connectivity index (χ0) is 16.0. The molecule has 0 fully saturated rings. The number of carbonyl (C=O) groups excluding carboxylic acids is 2. The molecule has 2 aromatic rings. The van der Waals surface area contributed by atoms with E-state index in [0.717, 1.165) is 10.9 Å². The Kier molecular flexibility index (Phi) is 3.89. The fraction of sp³-hybridized carbons (Fsp3) is 0.333. The van der Waals surface area contributed by atoms with E-state index in [1.165, 1.54) is 11.5 Å². The van der Waals surface area contributed by atoms with E-state index >= 15 is 0 Å². The van der Waals surface area contributed by atoms with Crippen LogP contribution in [0.4, 0.5) is 0 Å². The van der Waals surface area contributed by atoms with Crippen LogP contribution in [0, 0.1) is 0 Å². The molecule has 0 saturated carbocycles. The van der Waals surface area contributed by atoms with Gasteiger partial charge in [0.05, 0.1) is 16.6 Å². The normalized spacial score (nSPS) is 20.2. The highest BCUT2D eigenvalue weighted by molar-refractivity contribution is 6.35. The van der Waals surface area contributed by atoms with Gasteiger partial charge in [-0.15, -0.1) is 11.6 Å². The molecule has 3 rings (SSSR count).